The van der Waals surface area contributed by atoms with E-state index in [2.05, 4.69) is 0 Å². The molecule has 238 valence electrons. The van der Waals surface area contributed by atoms with Gasteiger partial charge in [0.15, 0.2) is 0 Å². The summed E-state index contributed by atoms with van der Waals surface area (Å²) in [5.41, 5.74) is 9.74. The van der Waals surface area contributed by atoms with Crippen LogP contribution >= 0.6 is 0 Å². The van der Waals surface area contributed by atoms with Gasteiger partial charge in [0.25, 0.3) is 11.8 Å². The van der Waals surface area contributed by atoms with E-state index in [1.54, 1.807) is 17.0 Å². The summed E-state index contributed by atoms with van der Waals surface area (Å²) in [5.74, 6) is -1.71. The summed E-state index contributed by atoms with van der Waals surface area (Å²) >= 11 is 0. The molecule has 1 atom stereocenters. The van der Waals surface area contributed by atoms with Crippen LogP contribution in [0.4, 0.5) is 0 Å². The first kappa shape index (κ1) is 32.5. The van der Waals surface area contributed by atoms with Crippen LogP contribution in [0.15, 0.2) is 72.8 Å². The second kappa shape index (κ2) is 14.5. The van der Waals surface area contributed by atoms with E-state index in [0.29, 0.717) is 35.8 Å². The van der Waals surface area contributed by atoms with Crippen molar-refractivity contribution in [2.24, 2.45) is 0 Å². The summed E-state index contributed by atoms with van der Waals surface area (Å²) in [7, 11) is 0. The van der Waals surface area contributed by atoms with Crippen LogP contribution < -0.4 is 11.0 Å². The zero-order chi connectivity index (χ0) is 32.8. The van der Waals surface area contributed by atoms with Crippen molar-refractivity contribution < 1.29 is 34.3 Å². The zero-order valence-corrected chi connectivity index (χ0v) is 25.8. The predicted octanol–water partition coefficient (Wildman–Crippen LogP) is 5.79. The van der Waals surface area contributed by atoms with Crippen molar-refractivity contribution in [3.05, 3.63) is 106 Å². The van der Waals surface area contributed by atoms with Gasteiger partial charge in [0.1, 0.15) is 6.10 Å². The first-order valence-electron chi connectivity index (χ1n) is 15.3. The lowest BCUT2D eigenvalue weighted by Crippen LogP contribution is -2.40. The average Bonchev–Trinajstić information content (AvgIpc) is 3.07. The number of hydrogen-bond acceptors (Lipinski definition) is 7. The number of rotatable bonds is 13. The number of hydrogen-bond donors (Lipinski definition) is 4. The van der Waals surface area contributed by atoms with E-state index in [1.165, 1.54) is 4.90 Å². The highest BCUT2D eigenvalue weighted by Crippen LogP contribution is 2.37. The molecule has 0 saturated heterocycles. The fourth-order valence-electron chi connectivity index (χ4n) is 5.87. The number of carbonyl (C=O) groups is 4. The van der Waals surface area contributed by atoms with E-state index in [0.717, 1.165) is 38.8 Å². The van der Waals surface area contributed by atoms with Crippen LogP contribution in [0.25, 0.3) is 21.9 Å². The van der Waals surface area contributed by atoms with Crippen molar-refractivity contribution in [3.8, 4) is 11.1 Å². The monoisotopic (exact) mass is 623 g/mol. The summed E-state index contributed by atoms with van der Waals surface area (Å²) < 4.78 is 6.21. The van der Waals surface area contributed by atoms with E-state index in [4.69, 9.17) is 15.2 Å². The molecular weight excluding hydrogens is 586 g/mol. The Hall–Kier alpha value is -4.90. The van der Waals surface area contributed by atoms with Crippen LogP contribution in [0, 0.1) is 13.8 Å². The van der Waals surface area contributed by atoms with Gasteiger partial charge < -0.3 is 4.74 Å². The molecule has 1 aliphatic heterocycles. The number of unbranched alkanes of at least 4 members (excludes halogenated alkanes) is 2. The SMILES string of the molecule is Cc1ccc(C(OCCC(=O)NO)c2ccc(C)c(-c3cc4c5c(cccc5c3)C(=O)N(CCCCCC(=O)NO)C4=O)c2)cc1. The Morgan fingerprint density at radius 2 is 1.46 bits per heavy atom. The number of nitrogens with one attached hydrogen (secondary N) is 2. The summed E-state index contributed by atoms with van der Waals surface area (Å²) in [6.45, 7) is 4.30. The number of aryl methyl sites for hydroxylation is 2. The molecule has 0 spiro atoms. The molecule has 10 heteroatoms. The van der Waals surface area contributed by atoms with Gasteiger partial charge in [-0.3, -0.25) is 34.5 Å². The number of hydroxylamine groups is 2. The van der Waals surface area contributed by atoms with Crippen LogP contribution in [0.2, 0.25) is 0 Å². The van der Waals surface area contributed by atoms with Gasteiger partial charge in [0.05, 0.1) is 13.0 Å². The molecule has 5 rings (SSSR count). The molecule has 0 aliphatic carbocycles. The maximum absolute atomic E-state index is 13.8. The fraction of sp³-hybridized carbons (Fsp3) is 0.278. The molecule has 4 aromatic carbocycles. The van der Waals surface area contributed by atoms with E-state index < -0.39 is 17.9 Å². The minimum absolute atomic E-state index is 0.0106. The summed E-state index contributed by atoms with van der Waals surface area (Å²) in [4.78, 5) is 51.5. The first-order valence-corrected chi connectivity index (χ1v) is 15.3. The molecule has 4 N–H and O–H groups in total. The van der Waals surface area contributed by atoms with Crippen LogP contribution in [0.1, 0.15) is 81.2 Å². The maximum Gasteiger partial charge on any atom is 0.261 e. The summed E-state index contributed by atoms with van der Waals surface area (Å²) in [6, 6.07) is 23.3. The number of ether oxygens (including phenoxy) is 1. The highest BCUT2D eigenvalue weighted by Gasteiger charge is 2.33. The molecule has 46 heavy (non-hydrogen) atoms. The quantitative estimate of drug-likeness (QED) is 0.0639. The van der Waals surface area contributed by atoms with Crippen LogP contribution in [0.3, 0.4) is 0 Å². The van der Waals surface area contributed by atoms with Gasteiger partial charge >= 0.3 is 0 Å². The van der Waals surface area contributed by atoms with Crippen molar-refractivity contribution in [3.63, 3.8) is 0 Å². The molecule has 10 nitrogen and oxygen atoms in total. The minimum Gasteiger partial charge on any atom is -0.368 e. The van der Waals surface area contributed by atoms with Crippen molar-refractivity contribution in [2.75, 3.05) is 13.2 Å². The summed E-state index contributed by atoms with van der Waals surface area (Å²) in [6.07, 6.45) is 1.33. The van der Waals surface area contributed by atoms with E-state index in [9.17, 15) is 19.2 Å². The van der Waals surface area contributed by atoms with Crippen molar-refractivity contribution in [1.29, 1.82) is 0 Å². The molecule has 4 aromatic rings. The normalized spacial score (nSPS) is 13.2. The number of carbonyl (C=O) groups excluding carboxylic acids is 4. The number of imide groups is 1. The predicted molar refractivity (Wildman–Crippen MR) is 171 cm³/mol. The van der Waals surface area contributed by atoms with Crippen LogP contribution in [-0.2, 0) is 14.3 Å². The van der Waals surface area contributed by atoms with Crippen molar-refractivity contribution in [2.45, 2.75) is 52.1 Å². The van der Waals surface area contributed by atoms with Gasteiger partial charge in [0.2, 0.25) is 11.8 Å². The Bertz CT molecular complexity index is 1780. The van der Waals surface area contributed by atoms with E-state index in [-0.39, 0.29) is 37.8 Å². The molecule has 1 unspecified atom stereocenters. The third-order valence-corrected chi connectivity index (χ3v) is 8.33. The van der Waals surface area contributed by atoms with E-state index >= 15 is 0 Å². The van der Waals surface area contributed by atoms with Crippen LogP contribution in [-0.4, -0.2) is 52.1 Å². The largest absolute Gasteiger partial charge is 0.368 e. The Kier molecular flexibility index (Phi) is 10.2. The molecule has 0 radical (unpaired) electrons. The minimum atomic E-state index is -0.539. The zero-order valence-electron chi connectivity index (χ0n) is 25.8. The van der Waals surface area contributed by atoms with Crippen LogP contribution in [0.5, 0.6) is 0 Å². The Morgan fingerprint density at radius 1 is 0.761 bits per heavy atom. The molecule has 0 fully saturated rings. The van der Waals surface area contributed by atoms with Gasteiger partial charge in [-0.05, 0) is 84.2 Å². The lowest BCUT2D eigenvalue weighted by molar-refractivity contribution is -0.130. The average molecular weight is 624 g/mol. The lowest BCUT2D eigenvalue weighted by Gasteiger charge is -2.28. The fourth-order valence-corrected chi connectivity index (χ4v) is 5.87. The van der Waals surface area contributed by atoms with Gasteiger partial charge in [-0.25, -0.2) is 11.0 Å². The Balaban J connectivity index is 1.49. The smallest absolute Gasteiger partial charge is 0.261 e. The van der Waals surface area contributed by atoms with Gasteiger partial charge in [-0.2, -0.15) is 0 Å². The van der Waals surface area contributed by atoms with Crippen molar-refractivity contribution in [1.82, 2.24) is 15.9 Å². The molecule has 4 amide bonds. The third kappa shape index (κ3) is 6.99. The molecule has 0 aromatic heterocycles. The highest BCUT2D eigenvalue weighted by atomic mass is 16.5. The van der Waals surface area contributed by atoms with Gasteiger partial charge in [-0.1, -0.05) is 60.5 Å². The topological polar surface area (TPSA) is 145 Å². The lowest BCUT2D eigenvalue weighted by atomic mass is 9.88. The molecule has 0 saturated carbocycles. The van der Waals surface area contributed by atoms with Crippen molar-refractivity contribution >= 4 is 34.4 Å². The number of benzene rings is 4. The molecule has 0 bridgehead atoms. The second-order valence-electron chi connectivity index (χ2n) is 11.6. The maximum atomic E-state index is 13.8. The highest BCUT2D eigenvalue weighted by molar-refractivity contribution is 6.26. The first-order chi connectivity index (χ1) is 22.2. The number of amides is 4. The second-order valence-corrected chi connectivity index (χ2v) is 11.6. The molecule has 1 aliphatic rings. The summed E-state index contributed by atoms with van der Waals surface area (Å²) in [5, 5.41) is 19.0. The Labute approximate surface area is 266 Å². The standard InChI is InChI=1S/C36H37N3O7/c1-22-10-13-24(14-11-22)34(46-18-16-32(41)38-45)26-15-12-23(2)29(20-26)27-19-25-7-6-8-28-33(25)30(21-27)36(43)39(35(28)42)17-5-3-4-9-31(40)37-44/h6-8,10-15,19-21,34,44-45H,3-5,9,16-18H2,1-2H3,(H,37,40)(H,38,41). The van der Waals surface area contributed by atoms with Gasteiger partial charge in [0, 0.05) is 29.5 Å². The molecule has 1 heterocycles. The molecular formula is C36H37N3O7. The third-order valence-electron chi connectivity index (χ3n) is 8.33. The van der Waals surface area contributed by atoms with Gasteiger partial charge in [-0.15, -0.1) is 0 Å². The Morgan fingerprint density at radius 3 is 2.20 bits per heavy atom. The number of nitrogens with zero attached hydrogens (tertiary/aromatic N) is 1. The van der Waals surface area contributed by atoms with E-state index in [1.807, 2.05) is 80.6 Å².